The number of hydrogen-bond acceptors (Lipinski definition) is 3. The zero-order chi connectivity index (χ0) is 12.5. The van der Waals surface area contributed by atoms with Gasteiger partial charge in [0.15, 0.2) is 4.96 Å². The normalized spacial score (nSPS) is 11.0. The molecule has 0 bridgehead atoms. The smallest absolute Gasteiger partial charge is 0.194 e. The van der Waals surface area contributed by atoms with Crippen LogP contribution in [-0.2, 0) is 6.54 Å². The number of aromatic nitrogens is 2. The molecule has 5 heteroatoms. The first-order chi connectivity index (χ1) is 8.74. The maximum absolute atomic E-state index is 4.54. The number of thiazole rings is 1. The van der Waals surface area contributed by atoms with Crippen LogP contribution < -0.4 is 5.32 Å². The Labute approximate surface area is 123 Å². The summed E-state index contributed by atoms with van der Waals surface area (Å²) < 4.78 is 3.40. The summed E-state index contributed by atoms with van der Waals surface area (Å²) in [6, 6.07) is 8.41. The molecule has 0 spiro atoms. The van der Waals surface area contributed by atoms with Crippen LogP contribution in [0.25, 0.3) is 4.96 Å². The standard InChI is InChI=1S/C13H12IN3S/c1-9-12(17-6-7-18-13(17)16-9)8-15-11-4-2-10(14)3-5-11/h2-7,15H,8H2,1H3. The molecule has 0 fully saturated rings. The maximum atomic E-state index is 4.54. The Kier molecular flexibility index (Phi) is 3.25. The first kappa shape index (κ1) is 12.0. The van der Waals surface area contributed by atoms with E-state index in [-0.39, 0.29) is 0 Å². The van der Waals surface area contributed by atoms with Gasteiger partial charge in [-0.2, -0.15) is 0 Å². The summed E-state index contributed by atoms with van der Waals surface area (Å²) >= 11 is 3.98. The summed E-state index contributed by atoms with van der Waals surface area (Å²) in [5.74, 6) is 0. The summed E-state index contributed by atoms with van der Waals surface area (Å²) in [7, 11) is 0. The lowest BCUT2D eigenvalue weighted by Gasteiger charge is -2.06. The summed E-state index contributed by atoms with van der Waals surface area (Å²) in [6.07, 6.45) is 2.07. The van der Waals surface area contributed by atoms with Gasteiger partial charge >= 0.3 is 0 Å². The second-order valence-corrected chi connectivity index (χ2v) is 6.18. The number of fused-ring (bicyclic) bond motifs is 1. The molecule has 1 N–H and O–H groups in total. The number of benzene rings is 1. The fraction of sp³-hybridized carbons (Fsp3) is 0.154. The molecule has 1 aromatic carbocycles. The molecule has 0 aliphatic carbocycles. The van der Waals surface area contributed by atoms with Crippen LogP contribution >= 0.6 is 33.9 Å². The zero-order valence-corrected chi connectivity index (χ0v) is 12.8. The van der Waals surface area contributed by atoms with Crippen LogP contribution in [-0.4, -0.2) is 9.38 Å². The molecule has 0 atom stereocenters. The van der Waals surface area contributed by atoms with Crippen LogP contribution in [0.3, 0.4) is 0 Å². The maximum Gasteiger partial charge on any atom is 0.194 e. The number of nitrogens with zero attached hydrogens (tertiary/aromatic N) is 2. The summed E-state index contributed by atoms with van der Waals surface area (Å²) in [6.45, 7) is 2.86. The Morgan fingerprint density at radius 3 is 2.89 bits per heavy atom. The molecule has 18 heavy (non-hydrogen) atoms. The van der Waals surface area contributed by atoms with E-state index in [1.54, 1.807) is 11.3 Å². The van der Waals surface area contributed by atoms with Crippen LogP contribution in [0.15, 0.2) is 35.8 Å². The van der Waals surface area contributed by atoms with Gasteiger partial charge in [0.25, 0.3) is 0 Å². The monoisotopic (exact) mass is 369 g/mol. The molecule has 0 amide bonds. The van der Waals surface area contributed by atoms with Crippen molar-refractivity contribution in [2.75, 3.05) is 5.32 Å². The fourth-order valence-corrected chi connectivity index (χ4v) is 3.05. The molecule has 0 aliphatic heterocycles. The van der Waals surface area contributed by atoms with E-state index in [0.29, 0.717) is 0 Å². The van der Waals surface area contributed by atoms with E-state index in [4.69, 9.17) is 0 Å². The van der Waals surface area contributed by atoms with E-state index in [9.17, 15) is 0 Å². The number of aryl methyl sites for hydroxylation is 1. The van der Waals surface area contributed by atoms with Gasteiger partial charge in [-0.3, -0.25) is 4.40 Å². The summed E-state index contributed by atoms with van der Waals surface area (Å²) in [5, 5.41) is 5.50. The molecule has 92 valence electrons. The number of imidazole rings is 1. The lowest BCUT2D eigenvalue weighted by atomic mass is 10.3. The summed E-state index contributed by atoms with van der Waals surface area (Å²) in [4.78, 5) is 5.60. The topological polar surface area (TPSA) is 29.3 Å². The van der Waals surface area contributed by atoms with Gasteiger partial charge in [0.05, 0.1) is 17.9 Å². The van der Waals surface area contributed by atoms with Crippen molar-refractivity contribution in [3.8, 4) is 0 Å². The van der Waals surface area contributed by atoms with Gasteiger partial charge in [-0.05, 0) is 53.8 Å². The highest BCUT2D eigenvalue weighted by Gasteiger charge is 2.08. The van der Waals surface area contributed by atoms with Crippen molar-refractivity contribution in [2.45, 2.75) is 13.5 Å². The van der Waals surface area contributed by atoms with Gasteiger partial charge in [-0.1, -0.05) is 0 Å². The van der Waals surface area contributed by atoms with Gasteiger partial charge < -0.3 is 5.32 Å². The van der Waals surface area contributed by atoms with Crippen molar-refractivity contribution in [1.29, 1.82) is 0 Å². The molecular weight excluding hydrogens is 357 g/mol. The van der Waals surface area contributed by atoms with E-state index in [1.165, 1.54) is 9.26 Å². The quantitative estimate of drug-likeness (QED) is 0.710. The van der Waals surface area contributed by atoms with Crippen LogP contribution in [0.4, 0.5) is 5.69 Å². The van der Waals surface area contributed by atoms with E-state index in [0.717, 1.165) is 22.9 Å². The summed E-state index contributed by atoms with van der Waals surface area (Å²) in [5.41, 5.74) is 3.46. The van der Waals surface area contributed by atoms with E-state index >= 15 is 0 Å². The van der Waals surface area contributed by atoms with E-state index in [2.05, 4.69) is 80.1 Å². The second-order valence-electron chi connectivity index (χ2n) is 4.06. The zero-order valence-electron chi connectivity index (χ0n) is 9.85. The van der Waals surface area contributed by atoms with Crippen molar-refractivity contribution in [1.82, 2.24) is 9.38 Å². The lowest BCUT2D eigenvalue weighted by Crippen LogP contribution is -2.03. The highest BCUT2D eigenvalue weighted by atomic mass is 127. The third-order valence-electron chi connectivity index (χ3n) is 2.87. The largest absolute Gasteiger partial charge is 0.379 e. The molecule has 3 rings (SSSR count). The Morgan fingerprint density at radius 2 is 2.11 bits per heavy atom. The predicted molar refractivity (Wildman–Crippen MR) is 84.3 cm³/mol. The number of nitrogens with one attached hydrogen (secondary N) is 1. The number of anilines is 1. The SMILES string of the molecule is Cc1nc2sccn2c1CNc1ccc(I)cc1. The number of rotatable bonds is 3. The van der Waals surface area contributed by atoms with Crippen molar-refractivity contribution >= 4 is 44.6 Å². The number of hydrogen-bond donors (Lipinski definition) is 1. The Morgan fingerprint density at radius 1 is 1.33 bits per heavy atom. The van der Waals surface area contributed by atoms with Crippen LogP contribution in [0.5, 0.6) is 0 Å². The second kappa shape index (κ2) is 4.89. The molecule has 0 saturated carbocycles. The van der Waals surface area contributed by atoms with Gasteiger partial charge in [0.1, 0.15) is 0 Å². The Hall–Kier alpha value is -1.08. The Bertz CT molecular complexity index is 669. The van der Waals surface area contributed by atoms with Crippen molar-refractivity contribution in [2.24, 2.45) is 0 Å². The molecule has 0 aliphatic rings. The number of halogens is 1. The fourth-order valence-electron chi connectivity index (χ4n) is 1.91. The minimum absolute atomic E-state index is 0.796. The molecule has 0 saturated heterocycles. The highest BCUT2D eigenvalue weighted by molar-refractivity contribution is 14.1. The molecule has 2 heterocycles. The molecule has 0 radical (unpaired) electrons. The molecule has 0 unspecified atom stereocenters. The molecule has 3 aromatic rings. The minimum Gasteiger partial charge on any atom is -0.379 e. The molecule has 2 aromatic heterocycles. The predicted octanol–water partition coefficient (Wildman–Crippen LogP) is 3.92. The van der Waals surface area contributed by atoms with Gasteiger partial charge in [-0.25, -0.2) is 4.98 Å². The Balaban J connectivity index is 1.82. The van der Waals surface area contributed by atoms with E-state index in [1.807, 2.05) is 0 Å². The van der Waals surface area contributed by atoms with Gasteiger partial charge in [0, 0.05) is 20.8 Å². The van der Waals surface area contributed by atoms with Crippen LogP contribution in [0.1, 0.15) is 11.4 Å². The average Bonchev–Trinajstić information content (AvgIpc) is 2.90. The van der Waals surface area contributed by atoms with Crippen LogP contribution in [0.2, 0.25) is 0 Å². The van der Waals surface area contributed by atoms with Crippen molar-refractivity contribution in [3.63, 3.8) is 0 Å². The molecule has 3 nitrogen and oxygen atoms in total. The first-order valence-corrected chi connectivity index (χ1v) is 7.60. The third kappa shape index (κ3) is 2.24. The van der Waals surface area contributed by atoms with Crippen LogP contribution in [0, 0.1) is 10.5 Å². The lowest BCUT2D eigenvalue weighted by molar-refractivity contribution is 0.994. The first-order valence-electron chi connectivity index (χ1n) is 5.64. The van der Waals surface area contributed by atoms with Gasteiger partial charge in [0.2, 0.25) is 0 Å². The third-order valence-corrected chi connectivity index (χ3v) is 4.34. The van der Waals surface area contributed by atoms with E-state index < -0.39 is 0 Å². The minimum atomic E-state index is 0.796. The highest BCUT2D eigenvalue weighted by Crippen LogP contribution is 2.18. The molecular formula is C13H12IN3S. The van der Waals surface area contributed by atoms with Crippen molar-refractivity contribution in [3.05, 3.63) is 50.8 Å². The average molecular weight is 369 g/mol. The van der Waals surface area contributed by atoms with Gasteiger partial charge in [-0.15, -0.1) is 11.3 Å². The van der Waals surface area contributed by atoms with Crippen molar-refractivity contribution < 1.29 is 0 Å².